The summed E-state index contributed by atoms with van der Waals surface area (Å²) in [5.41, 5.74) is 2.15. The molecule has 1 aliphatic carbocycles. The molecule has 2 nitrogen and oxygen atoms in total. The summed E-state index contributed by atoms with van der Waals surface area (Å²) >= 11 is 0. The van der Waals surface area contributed by atoms with Gasteiger partial charge in [0.2, 0.25) is 0 Å². The highest BCUT2D eigenvalue weighted by atomic mass is 16.5. The van der Waals surface area contributed by atoms with Crippen molar-refractivity contribution in [1.82, 2.24) is 0 Å². The van der Waals surface area contributed by atoms with Crippen molar-refractivity contribution in [1.29, 1.82) is 0 Å². The maximum absolute atomic E-state index is 10.8. The maximum Gasteiger partial charge on any atom is 0.178 e. The predicted octanol–water partition coefficient (Wildman–Crippen LogP) is 1.80. The monoisotopic (exact) mass is 176 g/mol. The first kappa shape index (κ1) is 9.72. The third kappa shape index (κ3) is 2.86. The van der Waals surface area contributed by atoms with Gasteiger partial charge in [-0.25, -0.2) is 0 Å². The maximum atomic E-state index is 10.8. The van der Waals surface area contributed by atoms with Crippen molar-refractivity contribution in [3.05, 3.63) is 42.7 Å². The number of rotatable bonds is 3. The molecule has 0 saturated carbocycles. The number of hydrogen-bond donors (Lipinski definition) is 0. The van der Waals surface area contributed by atoms with Crippen LogP contribution in [0.3, 0.4) is 0 Å². The van der Waals surface area contributed by atoms with E-state index in [2.05, 4.69) is 12.3 Å². The lowest BCUT2D eigenvalue weighted by atomic mass is 10.00. The van der Waals surface area contributed by atoms with Crippen LogP contribution in [0.4, 0.5) is 0 Å². The summed E-state index contributed by atoms with van der Waals surface area (Å²) in [5.74, 6) is 0.000313. The summed E-state index contributed by atoms with van der Waals surface area (Å²) in [6, 6.07) is 0. The van der Waals surface area contributed by atoms with Crippen LogP contribution >= 0.6 is 0 Å². The zero-order chi connectivity index (χ0) is 9.73. The van der Waals surface area contributed by atoms with Gasteiger partial charge in [-0.2, -0.15) is 0 Å². The zero-order valence-electron chi connectivity index (χ0n) is 7.62. The lowest BCUT2D eigenvalue weighted by Gasteiger charge is -2.23. The molecule has 0 aromatic heterocycles. The molecule has 1 rings (SSSR count). The first-order valence-corrected chi connectivity index (χ1v) is 4.07. The average molecular weight is 176 g/mol. The molecule has 0 saturated heterocycles. The van der Waals surface area contributed by atoms with Gasteiger partial charge in [-0.05, 0) is 37.3 Å². The van der Waals surface area contributed by atoms with Gasteiger partial charge in [0.25, 0.3) is 0 Å². The molecular weight excluding hydrogens is 164 g/mol. The fraction of sp³-hybridized carbons (Fsp3) is 0.273. The molecule has 0 amide bonds. The predicted molar refractivity (Wildman–Crippen MR) is 51.4 cm³/mol. The highest BCUT2D eigenvalue weighted by Gasteiger charge is 2.20. The number of ether oxygens (including phenoxy) is 1. The lowest BCUT2D eigenvalue weighted by molar-refractivity contribution is -0.110. The van der Waals surface area contributed by atoms with Crippen molar-refractivity contribution in [2.45, 2.75) is 12.5 Å². The standard InChI is InChI=1S/C11H12O2/c1-3-4-9-13-11(2)7-5-10(12)6-8-11/h4-8H,1,9H2,2H3. The Kier molecular flexibility index (Phi) is 3.02. The Morgan fingerprint density at radius 2 is 2.23 bits per heavy atom. The second-order valence-corrected chi connectivity index (χ2v) is 2.97. The van der Waals surface area contributed by atoms with Crippen molar-refractivity contribution in [3.8, 4) is 0 Å². The molecule has 68 valence electrons. The van der Waals surface area contributed by atoms with E-state index in [1.54, 1.807) is 18.2 Å². The van der Waals surface area contributed by atoms with E-state index in [1.807, 2.05) is 6.92 Å². The number of ketones is 1. The largest absolute Gasteiger partial charge is 0.362 e. The Morgan fingerprint density at radius 3 is 2.77 bits per heavy atom. The first-order valence-electron chi connectivity index (χ1n) is 4.07. The van der Waals surface area contributed by atoms with E-state index in [1.165, 1.54) is 12.2 Å². The van der Waals surface area contributed by atoms with Crippen molar-refractivity contribution < 1.29 is 9.53 Å². The molecule has 0 bridgehead atoms. The highest BCUT2D eigenvalue weighted by molar-refractivity contribution is 6.00. The molecule has 2 heteroatoms. The Hall–Kier alpha value is -1.37. The quantitative estimate of drug-likeness (QED) is 0.613. The Balaban J connectivity index is 2.57. The number of hydrogen-bond acceptors (Lipinski definition) is 2. The van der Waals surface area contributed by atoms with Crippen LogP contribution in [0.2, 0.25) is 0 Å². The van der Waals surface area contributed by atoms with Crippen LogP contribution < -0.4 is 0 Å². The first-order chi connectivity index (χ1) is 6.16. The molecule has 0 aromatic rings. The molecule has 0 aromatic carbocycles. The summed E-state index contributed by atoms with van der Waals surface area (Å²) in [5, 5.41) is 0. The third-order valence-corrected chi connectivity index (χ3v) is 1.78. The molecule has 0 heterocycles. The minimum Gasteiger partial charge on any atom is -0.362 e. The van der Waals surface area contributed by atoms with Crippen LogP contribution in [-0.2, 0) is 9.53 Å². The molecule has 0 N–H and O–H groups in total. The highest BCUT2D eigenvalue weighted by Crippen LogP contribution is 2.17. The van der Waals surface area contributed by atoms with Gasteiger partial charge in [0.05, 0.1) is 6.61 Å². The fourth-order valence-electron chi connectivity index (χ4n) is 0.983. The van der Waals surface area contributed by atoms with Crippen LogP contribution in [0.25, 0.3) is 0 Å². The van der Waals surface area contributed by atoms with Gasteiger partial charge in [0.15, 0.2) is 5.78 Å². The van der Waals surface area contributed by atoms with E-state index in [9.17, 15) is 4.79 Å². The molecule has 0 unspecified atom stereocenters. The van der Waals surface area contributed by atoms with Crippen LogP contribution in [0, 0.1) is 0 Å². The van der Waals surface area contributed by atoms with Gasteiger partial charge in [-0.3, -0.25) is 4.79 Å². The number of carbonyl (C=O) groups is 1. The van der Waals surface area contributed by atoms with Gasteiger partial charge >= 0.3 is 0 Å². The van der Waals surface area contributed by atoms with E-state index in [4.69, 9.17) is 4.74 Å². The van der Waals surface area contributed by atoms with Crippen molar-refractivity contribution in [2.75, 3.05) is 6.61 Å². The fourth-order valence-corrected chi connectivity index (χ4v) is 0.983. The summed E-state index contributed by atoms with van der Waals surface area (Å²) in [6.07, 6.45) is 8.21. The van der Waals surface area contributed by atoms with Crippen LogP contribution in [-0.4, -0.2) is 18.0 Å². The van der Waals surface area contributed by atoms with Crippen LogP contribution in [0.5, 0.6) is 0 Å². The van der Waals surface area contributed by atoms with Gasteiger partial charge in [0, 0.05) is 0 Å². The van der Waals surface area contributed by atoms with Crippen LogP contribution in [0.15, 0.2) is 42.7 Å². The third-order valence-electron chi connectivity index (χ3n) is 1.78. The molecule has 1 aliphatic rings. The van der Waals surface area contributed by atoms with E-state index in [-0.39, 0.29) is 5.78 Å². The second-order valence-electron chi connectivity index (χ2n) is 2.97. The Labute approximate surface area is 77.9 Å². The van der Waals surface area contributed by atoms with Gasteiger partial charge in [0.1, 0.15) is 5.60 Å². The molecular formula is C11H12O2. The average Bonchev–Trinajstić information content (AvgIpc) is 2.12. The molecule has 0 fully saturated rings. The normalized spacial score (nSPS) is 18.4. The second kappa shape index (κ2) is 4.04. The van der Waals surface area contributed by atoms with Gasteiger partial charge < -0.3 is 4.74 Å². The molecule has 0 aliphatic heterocycles. The molecule has 13 heavy (non-hydrogen) atoms. The smallest absolute Gasteiger partial charge is 0.178 e. The summed E-state index contributed by atoms with van der Waals surface area (Å²) in [6.45, 7) is 5.77. The number of carbonyl (C=O) groups excluding carboxylic acids is 1. The van der Waals surface area contributed by atoms with E-state index >= 15 is 0 Å². The van der Waals surface area contributed by atoms with Crippen molar-refractivity contribution in [3.63, 3.8) is 0 Å². The minimum absolute atomic E-state index is 0.000313. The zero-order valence-corrected chi connectivity index (χ0v) is 7.62. The van der Waals surface area contributed by atoms with E-state index < -0.39 is 5.60 Å². The Morgan fingerprint density at radius 1 is 1.62 bits per heavy atom. The van der Waals surface area contributed by atoms with Crippen molar-refractivity contribution in [2.24, 2.45) is 0 Å². The topological polar surface area (TPSA) is 26.3 Å². The van der Waals surface area contributed by atoms with Gasteiger partial charge in [-0.1, -0.05) is 6.58 Å². The van der Waals surface area contributed by atoms with E-state index in [0.717, 1.165) is 0 Å². The van der Waals surface area contributed by atoms with E-state index in [0.29, 0.717) is 6.61 Å². The minimum atomic E-state index is -0.471. The molecule has 0 radical (unpaired) electrons. The molecule has 0 spiro atoms. The molecule has 0 atom stereocenters. The summed E-state index contributed by atoms with van der Waals surface area (Å²) in [7, 11) is 0. The van der Waals surface area contributed by atoms with Crippen LogP contribution in [0.1, 0.15) is 6.92 Å². The number of allylic oxidation sites excluding steroid dienone is 2. The SMILES string of the molecule is C=C=CCOC1(C)C=CC(=O)C=C1. The lowest BCUT2D eigenvalue weighted by Crippen LogP contribution is -2.25. The summed E-state index contributed by atoms with van der Waals surface area (Å²) < 4.78 is 5.48. The summed E-state index contributed by atoms with van der Waals surface area (Å²) in [4.78, 5) is 10.8. The van der Waals surface area contributed by atoms with Gasteiger partial charge in [-0.15, -0.1) is 5.73 Å². The Bertz CT molecular complexity index is 288. The van der Waals surface area contributed by atoms with Crippen molar-refractivity contribution >= 4 is 5.78 Å².